The zero-order valence-corrected chi connectivity index (χ0v) is 21.5. The van der Waals surface area contributed by atoms with Gasteiger partial charge in [0.2, 0.25) is 0 Å². The fraction of sp³-hybridized carbons (Fsp3) is 0.207. The van der Waals surface area contributed by atoms with Crippen LogP contribution in [0, 0.1) is 62.9 Å². The van der Waals surface area contributed by atoms with Crippen molar-refractivity contribution < 1.29 is 21.8 Å². The maximum Gasteiger partial charge on any atom is 0.0854 e. The van der Waals surface area contributed by atoms with Gasteiger partial charge >= 0.3 is 0 Å². The van der Waals surface area contributed by atoms with Crippen molar-refractivity contribution in [3.05, 3.63) is 124 Å². The Morgan fingerprint density at radius 2 is 1.32 bits per heavy atom. The van der Waals surface area contributed by atoms with Gasteiger partial charge < -0.3 is 9.64 Å². The number of aliphatic imine (C=N–C) groups is 1. The minimum absolute atomic E-state index is 0. The number of morpholine rings is 1. The van der Waals surface area contributed by atoms with Gasteiger partial charge in [-0.1, -0.05) is 60.7 Å². The van der Waals surface area contributed by atoms with E-state index in [4.69, 9.17) is 9.73 Å². The van der Waals surface area contributed by atoms with Gasteiger partial charge in [-0.25, -0.2) is 0 Å². The van der Waals surface area contributed by atoms with E-state index in [1.54, 1.807) is 0 Å². The molecule has 1 heterocycles. The minimum Gasteiger partial charge on any atom is -0.378 e. The van der Waals surface area contributed by atoms with Gasteiger partial charge in [-0.05, 0) is 76.8 Å². The van der Waals surface area contributed by atoms with Gasteiger partial charge in [-0.3, -0.25) is 4.99 Å². The summed E-state index contributed by atoms with van der Waals surface area (Å²) < 4.78 is 5.43. The third-order valence-electron chi connectivity index (χ3n) is 5.60. The van der Waals surface area contributed by atoms with E-state index in [0.29, 0.717) is 0 Å². The molecule has 34 heavy (non-hydrogen) atoms. The zero-order valence-electron chi connectivity index (χ0n) is 19.5. The van der Waals surface area contributed by atoms with Crippen LogP contribution in [0.1, 0.15) is 6.92 Å². The molecule has 2 saturated carbocycles. The number of hydrogen-bond acceptors (Lipinski definition) is 2. The van der Waals surface area contributed by atoms with Crippen LogP contribution >= 0.6 is 7.92 Å². The number of hydrogen-bond donors (Lipinski definition) is 0. The predicted octanol–water partition coefficient (Wildman–Crippen LogP) is 4.62. The molecular formula is C29H31FeN2OP. The van der Waals surface area contributed by atoms with Crippen LogP contribution in [-0.4, -0.2) is 43.6 Å². The van der Waals surface area contributed by atoms with Crippen LogP contribution in [0.4, 0.5) is 0 Å². The first kappa shape index (κ1) is 27.4. The molecule has 0 N–H and O–H groups in total. The van der Waals surface area contributed by atoms with Crippen molar-refractivity contribution in [2.75, 3.05) is 26.3 Å². The Morgan fingerprint density at radius 1 is 0.794 bits per heavy atom. The summed E-state index contributed by atoms with van der Waals surface area (Å²) in [7, 11) is -0.595. The maximum absolute atomic E-state index is 5.43. The number of benzene rings is 2. The quantitative estimate of drug-likeness (QED) is 0.245. The second-order valence-electron chi connectivity index (χ2n) is 7.92. The standard InChI is InChI=1S/C24H26N2OP.C5H5.Fe/c1-20(25-19-26-15-17-27-18-16-26)23-13-8-14-24(23)28(21-9-4-2-5-10-21)22-11-6-3-7-12-22;1-2-4-5-3-1;/h2-14,19-20H,15-18H2,1H3;1-5H;. The van der Waals surface area contributed by atoms with E-state index in [9.17, 15) is 0 Å². The van der Waals surface area contributed by atoms with Gasteiger partial charge in [0.25, 0.3) is 0 Å². The second kappa shape index (κ2) is 15.0. The van der Waals surface area contributed by atoms with E-state index in [1.165, 1.54) is 22.2 Å². The van der Waals surface area contributed by atoms with Crippen LogP contribution in [0.2, 0.25) is 0 Å². The molecule has 2 aromatic rings. The Morgan fingerprint density at radius 3 is 1.85 bits per heavy atom. The summed E-state index contributed by atoms with van der Waals surface area (Å²) >= 11 is 0. The van der Waals surface area contributed by atoms with Crippen molar-refractivity contribution >= 4 is 24.9 Å². The molecule has 0 aromatic heterocycles. The van der Waals surface area contributed by atoms with Crippen LogP contribution in [0.25, 0.3) is 0 Å². The summed E-state index contributed by atoms with van der Waals surface area (Å²) in [6.45, 7) is 5.61. The molecule has 3 aliphatic rings. The molecule has 1 aliphatic heterocycles. The van der Waals surface area contributed by atoms with Crippen molar-refractivity contribution in [2.45, 2.75) is 13.0 Å². The molecule has 10 radical (unpaired) electrons. The topological polar surface area (TPSA) is 24.8 Å². The Labute approximate surface area is 219 Å². The van der Waals surface area contributed by atoms with E-state index < -0.39 is 7.92 Å². The Hall–Kier alpha value is -1.18. The molecule has 3 nitrogen and oxygen atoms in total. The summed E-state index contributed by atoms with van der Waals surface area (Å²) in [4.78, 5) is 7.13. The monoisotopic (exact) mass is 510 g/mol. The molecule has 5 heteroatoms. The van der Waals surface area contributed by atoms with Crippen molar-refractivity contribution in [1.82, 2.24) is 4.90 Å². The molecule has 1 saturated heterocycles. The first-order valence-electron chi connectivity index (χ1n) is 11.5. The average molecular weight is 510 g/mol. The molecule has 2 aliphatic carbocycles. The Balaban J connectivity index is 0.000000481. The average Bonchev–Trinajstić information content (AvgIpc) is 3.61. The van der Waals surface area contributed by atoms with Gasteiger partial charge in [0.15, 0.2) is 0 Å². The van der Waals surface area contributed by atoms with Crippen LogP contribution in [0.5, 0.6) is 0 Å². The molecule has 3 fully saturated rings. The van der Waals surface area contributed by atoms with Gasteiger partial charge in [0.1, 0.15) is 0 Å². The van der Waals surface area contributed by atoms with E-state index in [1.807, 2.05) is 38.4 Å². The first-order valence-corrected chi connectivity index (χ1v) is 12.8. The zero-order chi connectivity index (χ0) is 22.7. The van der Waals surface area contributed by atoms with Gasteiger partial charge in [0.05, 0.1) is 25.6 Å². The van der Waals surface area contributed by atoms with E-state index >= 15 is 0 Å². The first-order chi connectivity index (χ1) is 16.3. The van der Waals surface area contributed by atoms with Crippen molar-refractivity contribution in [3.8, 4) is 0 Å². The van der Waals surface area contributed by atoms with Crippen molar-refractivity contribution in [2.24, 2.45) is 4.99 Å². The summed E-state index contributed by atoms with van der Waals surface area (Å²) in [5, 5.41) is 2.75. The molecule has 0 bridgehead atoms. The Kier molecular flexibility index (Phi) is 12.1. The van der Waals surface area contributed by atoms with Crippen LogP contribution in [-0.2, 0) is 21.8 Å². The van der Waals surface area contributed by atoms with Crippen LogP contribution in [0.3, 0.4) is 0 Å². The number of rotatable bonds is 6. The number of ether oxygens (including phenoxy) is 1. The minimum atomic E-state index is -0.595. The van der Waals surface area contributed by atoms with Gasteiger partial charge in [-0.2, -0.15) is 0 Å². The molecule has 1 unspecified atom stereocenters. The largest absolute Gasteiger partial charge is 0.378 e. The maximum atomic E-state index is 5.43. The SMILES string of the molecule is CC(N=CN1CCOCC1)[C]1[CH][CH][CH][C]1P(c1ccccc1)c1ccccc1.[CH]1[CH][CH][CH][CH]1.[Fe]. The molecular weight excluding hydrogens is 479 g/mol. The van der Waals surface area contributed by atoms with Crippen molar-refractivity contribution in [3.63, 3.8) is 0 Å². The molecule has 176 valence electrons. The molecule has 1 atom stereocenters. The number of nitrogens with zero attached hydrogens (tertiary/aromatic N) is 2. The molecule has 0 spiro atoms. The van der Waals surface area contributed by atoms with Crippen molar-refractivity contribution in [1.29, 1.82) is 0 Å². The fourth-order valence-corrected chi connectivity index (χ4v) is 6.40. The fourth-order valence-electron chi connectivity index (χ4n) is 3.85. The van der Waals surface area contributed by atoms with E-state index in [-0.39, 0.29) is 23.1 Å². The summed E-state index contributed by atoms with van der Waals surface area (Å²) in [6, 6.07) is 21.8. The van der Waals surface area contributed by atoms with Gasteiger partial charge in [-0.15, -0.1) is 0 Å². The summed E-state index contributed by atoms with van der Waals surface area (Å²) in [5.41, 5.74) is 1.40. The van der Waals surface area contributed by atoms with Gasteiger partial charge in [0, 0.05) is 41.7 Å². The second-order valence-corrected chi connectivity index (χ2v) is 10.1. The van der Waals surface area contributed by atoms with Crippen LogP contribution < -0.4 is 10.6 Å². The predicted molar refractivity (Wildman–Crippen MR) is 140 cm³/mol. The van der Waals surface area contributed by atoms with Crippen LogP contribution in [0.15, 0.2) is 65.7 Å². The smallest absolute Gasteiger partial charge is 0.0854 e. The summed E-state index contributed by atoms with van der Waals surface area (Å²) in [6.07, 6.45) is 18.7. The molecule has 5 rings (SSSR count). The van der Waals surface area contributed by atoms with E-state index in [2.05, 4.69) is 91.7 Å². The van der Waals surface area contributed by atoms with E-state index in [0.717, 1.165) is 26.3 Å². The molecule has 0 amide bonds. The third-order valence-corrected chi connectivity index (χ3v) is 8.12. The normalized spacial score (nSPS) is 20.2. The third kappa shape index (κ3) is 7.92. The molecule has 2 aromatic carbocycles. The Bertz CT molecular complexity index is 777. The summed E-state index contributed by atoms with van der Waals surface area (Å²) in [5.74, 6) is 1.32.